The van der Waals surface area contributed by atoms with Crippen LogP contribution in [0, 0.1) is 5.82 Å². The van der Waals surface area contributed by atoms with Crippen molar-refractivity contribution in [1.29, 1.82) is 0 Å². The lowest BCUT2D eigenvalue weighted by Crippen LogP contribution is -2.40. The molecule has 2 aliphatic heterocycles. The van der Waals surface area contributed by atoms with Gasteiger partial charge in [-0.15, -0.1) is 0 Å². The van der Waals surface area contributed by atoms with Crippen molar-refractivity contribution in [2.24, 2.45) is 4.99 Å². The van der Waals surface area contributed by atoms with E-state index in [4.69, 9.17) is 19.2 Å². The first kappa shape index (κ1) is 31.9. The first-order valence-electron chi connectivity index (χ1n) is 15.6. The predicted molar refractivity (Wildman–Crippen MR) is 176 cm³/mol. The Kier molecular flexibility index (Phi) is 9.63. The molecule has 1 aromatic heterocycles. The molecule has 1 amide bonds. The maximum absolute atomic E-state index is 14.2. The van der Waals surface area contributed by atoms with Gasteiger partial charge in [0.2, 0.25) is 0 Å². The lowest BCUT2D eigenvalue weighted by Gasteiger charge is -2.25. The molecule has 1 saturated heterocycles. The van der Waals surface area contributed by atoms with E-state index in [-0.39, 0.29) is 30.3 Å². The molecule has 0 saturated carbocycles. The summed E-state index contributed by atoms with van der Waals surface area (Å²) in [5.74, 6) is -0.241. The fourth-order valence-corrected chi connectivity index (χ4v) is 6.75. The molecule has 47 heavy (non-hydrogen) atoms. The van der Waals surface area contributed by atoms with Gasteiger partial charge in [-0.1, -0.05) is 59.9 Å². The second-order valence-corrected chi connectivity index (χ2v) is 12.0. The second kappa shape index (κ2) is 14.2. The smallest absolute Gasteiger partial charge is 0.338 e. The first-order valence-corrected chi connectivity index (χ1v) is 16.4. The van der Waals surface area contributed by atoms with Gasteiger partial charge in [-0.05, 0) is 68.2 Å². The van der Waals surface area contributed by atoms with Gasteiger partial charge in [-0.25, -0.2) is 14.2 Å². The SMILES string of the molecule is CCOC(=O)C1=C(c2ccccc2)N=c2s/c(=C/c3ccc(OCC(=O)N4CCCC4)c(OCC)c3)c(=O)n2[C@@H]1c1ccc(F)cc1. The molecule has 0 aliphatic carbocycles. The fraction of sp³-hybridized carbons (Fsp3) is 0.278. The number of thiazole rings is 1. The van der Waals surface area contributed by atoms with Gasteiger partial charge < -0.3 is 19.1 Å². The third-order valence-corrected chi connectivity index (χ3v) is 8.92. The van der Waals surface area contributed by atoms with Gasteiger partial charge in [0.25, 0.3) is 11.5 Å². The van der Waals surface area contributed by atoms with Gasteiger partial charge in [0.15, 0.2) is 22.9 Å². The van der Waals surface area contributed by atoms with Gasteiger partial charge in [0, 0.05) is 18.7 Å². The number of aromatic nitrogens is 1. The van der Waals surface area contributed by atoms with Crippen molar-refractivity contribution in [3.8, 4) is 11.5 Å². The number of carbonyl (C=O) groups excluding carboxylic acids is 2. The molecular weight excluding hydrogens is 621 g/mol. The summed E-state index contributed by atoms with van der Waals surface area (Å²) in [7, 11) is 0. The zero-order valence-electron chi connectivity index (χ0n) is 26.1. The molecule has 242 valence electrons. The predicted octanol–water partition coefficient (Wildman–Crippen LogP) is 4.47. The lowest BCUT2D eigenvalue weighted by molar-refractivity contribution is -0.139. The molecule has 3 heterocycles. The van der Waals surface area contributed by atoms with E-state index >= 15 is 0 Å². The molecule has 9 nitrogen and oxygen atoms in total. The molecule has 3 aromatic carbocycles. The molecular formula is C36H34FN3O6S. The highest BCUT2D eigenvalue weighted by Gasteiger charge is 2.35. The van der Waals surface area contributed by atoms with Crippen LogP contribution in [-0.4, -0.2) is 54.3 Å². The summed E-state index contributed by atoms with van der Waals surface area (Å²) in [6.45, 7) is 5.46. The van der Waals surface area contributed by atoms with E-state index in [0.29, 0.717) is 49.8 Å². The molecule has 0 bridgehead atoms. The Bertz CT molecular complexity index is 2000. The van der Waals surface area contributed by atoms with Crippen LogP contribution in [0.25, 0.3) is 11.8 Å². The maximum atomic E-state index is 14.2. The highest BCUT2D eigenvalue weighted by molar-refractivity contribution is 7.07. The number of nitrogens with zero attached hydrogens (tertiary/aromatic N) is 3. The normalized spacial score (nSPS) is 16.1. The molecule has 1 fully saturated rings. The van der Waals surface area contributed by atoms with Crippen molar-refractivity contribution in [1.82, 2.24) is 9.47 Å². The fourth-order valence-electron chi connectivity index (χ4n) is 5.75. The summed E-state index contributed by atoms with van der Waals surface area (Å²) in [4.78, 5) is 47.3. The van der Waals surface area contributed by atoms with E-state index in [1.165, 1.54) is 28.0 Å². The second-order valence-electron chi connectivity index (χ2n) is 11.0. The first-order chi connectivity index (χ1) is 22.9. The largest absolute Gasteiger partial charge is 0.490 e. The summed E-state index contributed by atoms with van der Waals surface area (Å²) in [6.07, 6.45) is 3.72. The average Bonchev–Trinajstić information content (AvgIpc) is 3.73. The number of carbonyl (C=O) groups is 2. The highest BCUT2D eigenvalue weighted by atomic mass is 32.1. The molecule has 0 spiro atoms. The minimum Gasteiger partial charge on any atom is -0.490 e. The van der Waals surface area contributed by atoms with Crippen LogP contribution < -0.4 is 24.4 Å². The molecule has 2 aliphatic rings. The molecule has 0 N–H and O–H groups in total. The number of esters is 1. The Morgan fingerprint density at radius 1 is 0.957 bits per heavy atom. The molecule has 11 heteroatoms. The number of halogens is 1. The van der Waals surface area contributed by atoms with Gasteiger partial charge >= 0.3 is 5.97 Å². The number of amides is 1. The van der Waals surface area contributed by atoms with Crippen LogP contribution in [0.5, 0.6) is 11.5 Å². The number of benzene rings is 3. The Morgan fingerprint density at radius 3 is 2.40 bits per heavy atom. The van der Waals surface area contributed by atoms with Crippen molar-refractivity contribution >= 4 is 35.0 Å². The number of hydrogen-bond acceptors (Lipinski definition) is 8. The molecule has 4 aromatic rings. The molecule has 1 atom stereocenters. The van der Waals surface area contributed by atoms with Crippen molar-refractivity contribution in [3.05, 3.63) is 121 Å². The summed E-state index contributed by atoms with van der Waals surface area (Å²) >= 11 is 1.18. The molecule has 0 radical (unpaired) electrons. The van der Waals surface area contributed by atoms with Crippen molar-refractivity contribution < 1.29 is 28.2 Å². The van der Waals surface area contributed by atoms with Gasteiger partial charge in [-0.2, -0.15) is 0 Å². The Labute approximate surface area is 274 Å². The minimum atomic E-state index is -0.911. The Morgan fingerprint density at radius 2 is 1.70 bits per heavy atom. The number of ether oxygens (including phenoxy) is 3. The van der Waals surface area contributed by atoms with Crippen molar-refractivity contribution in [2.75, 3.05) is 32.9 Å². The van der Waals surface area contributed by atoms with Crippen LogP contribution in [0.3, 0.4) is 0 Å². The average molecular weight is 656 g/mol. The summed E-state index contributed by atoms with van der Waals surface area (Å²) in [5, 5.41) is 0. The standard InChI is InChI=1S/C36H34FN3O6S/c1-3-44-28-20-23(12-17-27(28)46-22-30(41)39-18-8-9-19-39)21-29-34(42)40-33(25-13-15-26(37)16-14-25)31(35(43)45-4-2)32(38-36(40)47-29)24-10-6-5-7-11-24/h5-7,10-17,20-21,33H,3-4,8-9,18-19,22H2,1-2H3/b29-21+/t33-/m1/s1. The van der Waals surface area contributed by atoms with Crippen LogP contribution in [0.4, 0.5) is 4.39 Å². The zero-order valence-corrected chi connectivity index (χ0v) is 26.9. The maximum Gasteiger partial charge on any atom is 0.338 e. The van der Waals surface area contributed by atoms with Crippen molar-refractivity contribution in [3.63, 3.8) is 0 Å². The van der Waals surface area contributed by atoms with E-state index in [2.05, 4.69) is 0 Å². The summed E-state index contributed by atoms with van der Waals surface area (Å²) in [5.41, 5.74) is 2.09. The van der Waals surface area contributed by atoms with E-state index in [1.54, 1.807) is 48.2 Å². The topological polar surface area (TPSA) is 99.4 Å². The number of fused-ring (bicyclic) bond motifs is 1. The van der Waals surface area contributed by atoms with Crippen molar-refractivity contribution in [2.45, 2.75) is 32.7 Å². The van der Waals surface area contributed by atoms with Crippen LogP contribution in [0.1, 0.15) is 49.4 Å². The van der Waals surface area contributed by atoms with Gasteiger partial charge in [-0.3, -0.25) is 14.2 Å². The highest BCUT2D eigenvalue weighted by Crippen LogP contribution is 2.35. The van der Waals surface area contributed by atoms with E-state index in [9.17, 15) is 18.8 Å². The van der Waals surface area contributed by atoms with Crippen LogP contribution >= 0.6 is 11.3 Å². The quantitative estimate of drug-likeness (QED) is 0.234. The number of rotatable bonds is 10. The van der Waals surface area contributed by atoms with Crippen LogP contribution in [0.15, 0.2) is 88.2 Å². The van der Waals surface area contributed by atoms with Crippen LogP contribution in [-0.2, 0) is 14.3 Å². The van der Waals surface area contributed by atoms with Crippen LogP contribution in [0.2, 0.25) is 0 Å². The Hall–Kier alpha value is -5.03. The Balaban J connectivity index is 1.45. The van der Waals surface area contributed by atoms with E-state index < -0.39 is 17.8 Å². The lowest BCUT2D eigenvalue weighted by atomic mass is 9.93. The summed E-state index contributed by atoms with van der Waals surface area (Å²) in [6, 6.07) is 19.3. The monoisotopic (exact) mass is 655 g/mol. The van der Waals surface area contributed by atoms with Gasteiger partial charge in [0.1, 0.15) is 5.82 Å². The number of hydrogen-bond donors (Lipinski definition) is 0. The molecule has 6 rings (SSSR count). The summed E-state index contributed by atoms with van der Waals surface area (Å²) < 4.78 is 33.0. The third-order valence-electron chi connectivity index (χ3n) is 7.93. The van der Waals surface area contributed by atoms with E-state index in [0.717, 1.165) is 25.9 Å². The zero-order chi connectivity index (χ0) is 32.9. The minimum absolute atomic E-state index is 0.0668. The van der Waals surface area contributed by atoms with E-state index in [1.807, 2.05) is 37.3 Å². The number of likely N-dealkylation sites (tertiary alicyclic amines) is 1. The van der Waals surface area contributed by atoms with Gasteiger partial charge in [0.05, 0.1) is 35.1 Å². The third kappa shape index (κ3) is 6.76. The molecule has 0 unspecified atom stereocenters.